The topological polar surface area (TPSA) is 50.2 Å². The number of benzene rings is 2. The summed E-state index contributed by atoms with van der Waals surface area (Å²) in [5.41, 5.74) is 3.42. The molecule has 0 radical (unpaired) electrons. The number of carbonyl (C=O) groups excluding carboxylic acids is 1. The summed E-state index contributed by atoms with van der Waals surface area (Å²) in [5, 5.41) is 7.08. The first-order valence-electron chi connectivity index (χ1n) is 9.63. The van der Waals surface area contributed by atoms with Crippen LogP contribution in [-0.2, 0) is 13.1 Å². The zero-order valence-corrected chi connectivity index (χ0v) is 16.4. The third kappa shape index (κ3) is 3.65. The Hall–Kier alpha value is -3.06. The molecule has 1 aromatic heterocycles. The lowest BCUT2D eigenvalue weighted by Crippen LogP contribution is -2.18. The molecule has 0 atom stereocenters. The van der Waals surface area contributed by atoms with Gasteiger partial charge in [-0.2, -0.15) is 5.10 Å². The molecule has 0 bridgehead atoms. The maximum atomic E-state index is 14.1. The number of hydrogen-bond acceptors (Lipinski definition) is 3. The monoisotopic (exact) mass is 396 g/mol. The highest BCUT2D eigenvalue weighted by Crippen LogP contribution is 2.30. The average Bonchev–Trinajstić information content (AvgIpc) is 3.26. The SMILES string of the molecule is CCCN1Cc2cccc(NC(=O)c3nn(-c4c(F)cccc4F)cc3C)c2C1. The maximum Gasteiger partial charge on any atom is 0.276 e. The number of hydrogen-bond donors (Lipinski definition) is 1. The van der Waals surface area contributed by atoms with E-state index in [0.717, 1.165) is 54.1 Å². The van der Waals surface area contributed by atoms with E-state index in [9.17, 15) is 13.6 Å². The number of halogens is 2. The van der Waals surface area contributed by atoms with Crippen molar-refractivity contribution in [3.8, 4) is 5.69 Å². The number of para-hydroxylation sites is 1. The summed E-state index contributed by atoms with van der Waals surface area (Å²) in [6.07, 6.45) is 2.52. The van der Waals surface area contributed by atoms with Crippen molar-refractivity contribution >= 4 is 11.6 Å². The largest absolute Gasteiger partial charge is 0.320 e. The quantitative estimate of drug-likeness (QED) is 0.694. The van der Waals surface area contributed by atoms with Gasteiger partial charge in [0.05, 0.1) is 0 Å². The van der Waals surface area contributed by atoms with Gasteiger partial charge in [0.15, 0.2) is 17.3 Å². The van der Waals surface area contributed by atoms with Crippen molar-refractivity contribution in [1.82, 2.24) is 14.7 Å². The molecule has 29 heavy (non-hydrogen) atoms. The normalized spacial score (nSPS) is 13.5. The van der Waals surface area contributed by atoms with Crippen LogP contribution in [0.4, 0.5) is 14.5 Å². The number of nitrogens with one attached hydrogen (secondary N) is 1. The van der Waals surface area contributed by atoms with Crippen LogP contribution in [-0.4, -0.2) is 27.1 Å². The van der Waals surface area contributed by atoms with Crippen molar-refractivity contribution in [3.05, 3.63) is 76.6 Å². The van der Waals surface area contributed by atoms with Gasteiger partial charge in [-0.15, -0.1) is 0 Å². The molecule has 0 fully saturated rings. The molecule has 4 rings (SSSR count). The van der Waals surface area contributed by atoms with E-state index in [1.807, 2.05) is 12.1 Å². The predicted molar refractivity (Wildman–Crippen MR) is 107 cm³/mol. The first kappa shape index (κ1) is 19.3. The molecule has 1 amide bonds. The molecule has 2 aromatic carbocycles. The molecule has 2 heterocycles. The Balaban J connectivity index is 1.60. The Morgan fingerprint density at radius 3 is 2.59 bits per heavy atom. The van der Waals surface area contributed by atoms with E-state index < -0.39 is 17.5 Å². The Morgan fingerprint density at radius 2 is 1.86 bits per heavy atom. The molecule has 0 saturated carbocycles. The molecule has 1 aliphatic heterocycles. The first-order chi connectivity index (χ1) is 14.0. The zero-order valence-electron chi connectivity index (χ0n) is 16.4. The van der Waals surface area contributed by atoms with Gasteiger partial charge in [-0.05, 0) is 49.2 Å². The number of amides is 1. The summed E-state index contributed by atoms with van der Waals surface area (Å²) in [5.74, 6) is -1.88. The summed E-state index contributed by atoms with van der Waals surface area (Å²) in [6, 6.07) is 9.46. The highest BCUT2D eigenvalue weighted by Gasteiger charge is 2.23. The fourth-order valence-electron chi connectivity index (χ4n) is 3.77. The molecule has 3 aromatic rings. The van der Waals surface area contributed by atoms with E-state index in [4.69, 9.17) is 0 Å². The first-order valence-corrected chi connectivity index (χ1v) is 9.63. The standard InChI is InChI=1S/C22H22F2N4O/c1-3-10-27-12-15-6-4-9-19(16(15)13-27)25-22(29)20-14(2)11-28(26-20)21-17(23)7-5-8-18(21)24/h4-9,11H,3,10,12-13H2,1-2H3,(H,25,29). The minimum absolute atomic E-state index is 0.133. The minimum Gasteiger partial charge on any atom is -0.320 e. The lowest BCUT2D eigenvalue weighted by molar-refractivity contribution is 0.102. The Labute approximate surface area is 168 Å². The lowest BCUT2D eigenvalue weighted by Gasteiger charge is -2.13. The Morgan fingerprint density at radius 1 is 1.14 bits per heavy atom. The molecule has 0 unspecified atom stereocenters. The molecular formula is C22H22F2N4O. The second kappa shape index (κ2) is 7.75. The highest BCUT2D eigenvalue weighted by atomic mass is 19.1. The van der Waals surface area contributed by atoms with E-state index in [-0.39, 0.29) is 11.4 Å². The van der Waals surface area contributed by atoms with Crippen LogP contribution in [0.15, 0.2) is 42.6 Å². The Kier molecular flexibility index (Phi) is 5.15. The summed E-state index contributed by atoms with van der Waals surface area (Å²) in [4.78, 5) is 15.2. The number of rotatable bonds is 5. The van der Waals surface area contributed by atoms with E-state index in [1.54, 1.807) is 6.92 Å². The molecule has 150 valence electrons. The van der Waals surface area contributed by atoms with Crippen LogP contribution >= 0.6 is 0 Å². The molecule has 1 aliphatic rings. The average molecular weight is 396 g/mol. The molecule has 1 N–H and O–H groups in total. The third-order valence-corrected chi connectivity index (χ3v) is 5.12. The number of nitrogens with zero attached hydrogens (tertiary/aromatic N) is 3. The lowest BCUT2D eigenvalue weighted by atomic mass is 10.1. The van der Waals surface area contributed by atoms with Gasteiger partial charge in [0, 0.05) is 30.5 Å². The maximum absolute atomic E-state index is 14.1. The van der Waals surface area contributed by atoms with Crippen LogP contribution in [0, 0.1) is 18.6 Å². The number of carbonyl (C=O) groups is 1. The van der Waals surface area contributed by atoms with Gasteiger partial charge in [0.25, 0.3) is 5.91 Å². The van der Waals surface area contributed by atoms with Gasteiger partial charge >= 0.3 is 0 Å². The van der Waals surface area contributed by atoms with E-state index >= 15 is 0 Å². The molecular weight excluding hydrogens is 374 g/mol. The zero-order chi connectivity index (χ0) is 20.5. The fraction of sp³-hybridized carbons (Fsp3) is 0.273. The van der Waals surface area contributed by atoms with Crippen molar-refractivity contribution < 1.29 is 13.6 Å². The molecule has 5 nitrogen and oxygen atoms in total. The Bertz CT molecular complexity index is 1060. The van der Waals surface area contributed by atoms with Crippen LogP contribution in [0.2, 0.25) is 0 Å². The third-order valence-electron chi connectivity index (χ3n) is 5.12. The van der Waals surface area contributed by atoms with Crippen LogP contribution in [0.1, 0.15) is 40.5 Å². The second-order valence-corrected chi connectivity index (χ2v) is 7.28. The van der Waals surface area contributed by atoms with Crippen LogP contribution in [0.3, 0.4) is 0 Å². The fourth-order valence-corrected chi connectivity index (χ4v) is 3.77. The summed E-state index contributed by atoms with van der Waals surface area (Å²) in [7, 11) is 0. The summed E-state index contributed by atoms with van der Waals surface area (Å²) in [6.45, 7) is 6.49. The molecule has 0 saturated heterocycles. The minimum atomic E-state index is -0.739. The van der Waals surface area contributed by atoms with Crippen molar-refractivity contribution in [2.45, 2.75) is 33.4 Å². The summed E-state index contributed by atoms with van der Waals surface area (Å²) < 4.78 is 29.2. The molecule has 7 heteroatoms. The summed E-state index contributed by atoms with van der Waals surface area (Å²) >= 11 is 0. The predicted octanol–water partition coefficient (Wildman–Crippen LogP) is 4.44. The van der Waals surface area contributed by atoms with Gasteiger partial charge < -0.3 is 5.32 Å². The van der Waals surface area contributed by atoms with Crippen molar-refractivity contribution in [2.24, 2.45) is 0 Å². The molecule has 0 aliphatic carbocycles. The van der Waals surface area contributed by atoms with Gasteiger partial charge in [0.2, 0.25) is 0 Å². The number of aromatic nitrogens is 2. The van der Waals surface area contributed by atoms with Gasteiger partial charge in [-0.1, -0.05) is 25.1 Å². The van der Waals surface area contributed by atoms with E-state index in [2.05, 4.69) is 28.3 Å². The highest BCUT2D eigenvalue weighted by molar-refractivity contribution is 6.04. The van der Waals surface area contributed by atoms with Crippen molar-refractivity contribution in [1.29, 1.82) is 0 Å². The van der Waals surface area contributed by atoms with E-state index in [0.29, 0.717) is 5.56 Å². The van der Waals surface area contributed by atoms with Crippen molar-refractivity contribution in [2.75, 3.05) is 11.9 Å². The van der Waals surface area contributed by atoms with Crippen molar-refractivity contribution in [3.63, 3.8) is 0 Å². The van der Waals surface area contributed by atoms with E-state index in [1.165, 1.54) is 17.8 Å². The van der Waals surface area contributed by atoms with Gasteiger partial charge in [0.1, 0.15) is 5.69 Å². The van der Waals surface area contributed by atoms with Crippen LogP contribution in [0.25, 0.3) is 5.69 Å². The number of fused-ring (bicyclic) bond motifs is 1. The van der Waals surface area contributed by atoms with Crippen LogP contribution < -0.4 is 5.32 Å². The number of aryl methyl sites for hydroxylation is 1. The van der Waals surface area contributed by atoms with Crippen LogP contribution in [0.5, 0.6) is 0 Å². The molecule has 0 spiro atoms. The van der Waals surface area contributed by atoms with Gasteiger partial charge in [-0.3, -0.25) is 9.69 Å². The smallest absolute Gasteiger partial charge is 0.276 e. The van der Waals surface area contributed by atoms with Gasteiger partial charge in [-0.25, -0.2) is 13.5 Å². The number of anilines is 1. The second-order valence-electron chi connectivity index (χ2n) is 7.28.